The molecular weight excluding hydrogens is 348 g/mol. The molecule has 1 saturated heterocycles. The molecule has 26 heavy (non-hydrogen) atoms. The van der Waals surface area contributed by atoms with Crippen LogP contribution < -0.4 is 9.47 Å². The van der Waals surface area contributed by atoms with Crippen LogP contribution in [0.3, 0.4) is 0 Å². The minimum atomic E-state index is -2.93. The molecule has 0 spiro atoms. The Labute approximate surface area is 149 Å². The van der Waals surface area contributed by atoms with Crippen LogP contribution in [0.5, 0.6) is 11.5 Å². The molecule has 142 valence electrons. The molecule has 3 rings (SSSR count). The van der Waals surface area contributed by atoms with E-state index in [2.05, 4.69) is 19.8 Å². The zero-order chi connectivity index (χ0) is 18.7. The van der Waals surface area contributed by atoms with E-state index in [0.29, 0.717) is 23.8 Å². The third-order valence-corrected chi connectivity index (χ3v) is 3.96. The lowest BCUT2D eigenvalue weighted by Crippen LogP contribution is -2.44. The van der Waals surface area contributed by atoms with Crippen LogP contribution >= 0.6 is 0 Å². The Morgan fingerprint density at radius 3 is 2.62 bits per heavy atom. The average molecular weight is 369 g/mol. The molecule has 0 amide bonds. The highest BCUT2D eigenvalue weighted by Gasteiger charge is 2.24. The minimum absolute atomic E-state index is 0.0498. The van der Waals surface area contributed by atoms with Gasteiger partial charge in [-0.1, -0.05) is 5.16 Å². The summed E-state index contributed by atoms with van der Waals surface area (Å²) >= 11 is 0. The second-order valence-electron chi connectivity index (χ2n) is 6.21. The summed E-state index contributed by atoms with van der Waals surface area (Å²) in [5.41, 5.74) is 0.585. The van der Waals surface area contributed by atoms with Crippen molar-refractivity contribution in [1.29, 1.82) is 0 Å². The zero-order valence-corrected chi connectivity index (χ0v) is 14.8. The summed E-state index contributed by atoms with van der Waals surface area (Å²) in [6.07, 6.45) is 0.292. The molecule has 1 aliphatic heterocycles. The van der Waals surface area contributed by atoms with E-state index < -0.39 is 6.61 Å². The summed E-state index contributed by atoms with van der Waals surface area (Å²) in [5, 5.41) is 3.97. The standard InChI is InChI=1S/C17H21F2N3O4/c1-10-7-22(8-11(2)24-10)9-15-20-16(21-26-15)12-4-5-13(25-17(18)19)14(6-12)23-3/h4-6,10-11,17H,7-9H2,1-3H3. The van der Waals surface area contributed by atoms with Gasteiger partial charge in [0.05, 0.1) is 25.9 Å². The summed E-state index contributed by atoms with van der Waals surface area (Å²) in [6, 6.07) is 4.50. The normalized spacial score (nSPS) is 21.2. The van der Waals surface area contributed by atoms with Gasteiger partial charge in [0.25, 0.3) is 0 Å². The van der Waals surface area contributed by atoms with Crippen LogP contribution in [0.1, 0.15) is 19.7 Å². The van der Waals surface area contributed by atoms with E-state index in [1.54, 1.807) is 6.07 Å². The molecule has 2 aromatic rings. The van der Waals surface area contributed by atoms with Crippen molar-refractivity contribution < 1.29 is 27.5 Å². The summed E-state index contributed by atoms with van der Waals surface area (Å²) in [6.45, 7) is 3.22. The Bertz CT molecular complexity index is 731. The fraction of sp³-hybridized carbons (Fsp3) is 0.529. The van der Waals surface area contributed by atoms with E-state index >= 15 is 0 Å². The smallest absolute Gasteiger partial charge is 0.387 e. The van der Waals surface area contributed by atoms with Crippen LogP contribution in [0.2, 0.25) is 0 Å². The molecule has 2 heterocycles. The van der Waals surface area contributed by atoms with Crippen LogP contribution in [-0.2, 0) is 11.3 Å². The number of rotatable bonds is 6. The number of ether oxygens (including phenoxy) is 3. The topological polar surface area (TPSA) is 69.9 Å². The number of benzene rings is 1. The molecule has 9 heteroatoms. The number of aromatic nitrogens is 2. The monoisotopic (exact) mass is 369 g/mol. The minimum Gasteiger partial charge on any atom is -0.493 e. The van der Waals surface area contributed by atoms with Gasteiger partial charge in [-0.05, 0) is 32.0 Å². The van der Waals surface area contributed by atoms with E-state index in [9.17, 15) is 8.78 Å². The third kappa shape index (κ3) is 4.47. The van der Waals surface area contributed by atoms with Crippen LogP contribution in [0.25, 0.3) is 11.4 Å². The maximum Gasteiger partial charge on any atom is 0.387 e. The Morgan fingerprint density at radius 1 is 1.23 bits per heavy atom. The maximum atomic E-state index is 12.4. The second-order valence-corrected chi connectivity index (χ2v) is 6.21. The van der Waals surface area contributed by atoms with E-state index in [-0.39, 0.29) is 23.7 Å². The molecule has 0 radical (unpaired) electrons. The molecule has 0 aliphatic carbocycles. The molecule has 0 bridgehead atoms. The predicted molar refractivity (Wildman–Crippen MR) is 88.2 cm³/mol. The van der Waals surface area contributed by atoms with Crippen molar-refractivity contribution in [3.8, 4) is 22.9 Å². The molecular formula is C17H21F2N3O4. The molecule has 1 fully saturated rings. The number of methoxy groups -OCH3 is 1. The first-order valence-electron chi connectivity index (χ1n) is 8.28. The quantitative estimate of drug-likeness (QED) is 0.775. The SMILES string of the molecule is COc1cc(-c2noc(CN3CC(C)OC(C)C3)n2)ccc1OC(F)F. The number of morpholine rings is 1. The highest BCUT2D eigenvalue weighted by Crippen LogP contribution is 2.32. The van der Waals surface area contributed by atoms with Crippen molar-refractivity contribution >= 4 is 0 Å². The molecule has 1 aromatic carbocycles. The number of alkyl halides is 2. The van der Waals surface area contributed by atoms with Gasteiger partial charge in [0, 0.05) is 18.7 Å². The van der Waals surface area contributed by atoms with E-state index in [0.717, 1.165) is 13.1 Å². The van der Waals surface area contributed by atoms with Crippen molar-refractivity contribution in [2.75, 3.05) is 20.2 Å². The number of hydrogen-bond acceptors (Lipinski definition) is 7. The Hall–Kier alpha value is -2.26. The average Bonchev–Trinajstić information content (AvgIpc) is 3.02. The largest absolute Gasteiger partial charge is 0.493 e. The van der Waals surface area contributed by atoms with Crippen molar-refractivity contribution in [3.05, 3.63) is 24.1 Å². The lowest BCUT2D eigenvalue weighted by molar-refractivity contribution is -0.0725. The fourth-order valence-corrected chi connectivity index (χ4v) is 3.04. The fourth-order valence-electron chi connectivity index (χ4n) is 3.04. The van der Waals surface area contributed by atoms with Gasteiger partial charge in [-0.25, -0.2) is 0 Å². The Morgan fingerprint density at radius 2 is 1.96 bits per heavy atom. The molecule has 2 unspecified atom stereocenters. The van der Waals surface area contributed by atoms with Gasteiger partial charge in [0.2, 0.25) is 11.7 Å². The molecule has 7 nitrogen and oxygen atoms in total. The maximum absolute atomic E-state index is 12.4. The van der Waals surface area contributed by atoms with Gasteiger partial charge >= 0.3 is 6.61 Å². The van der Waals surface area contributed by atoms with Crippen LogP contribution in [0.4, 0.5) is 8.78 Å². The lowest BCUT2D eigenvalue weighted by atomic mass is 10.2. The van der Waals surface area contributed by atoms with Crippen molar-refractivity contribution in [2.45, 2.75) is 39.2 Å². The summed E-state index contributed by atoms with van der Waals surface area (Å²) in [7, 11) is 1.37. The lowest BCUT2D eigenvalue weighted by Gasteiger charge is -2.34. The summed E-state index contributed by atoms with van der Waals surface area (Å²) in [5.74, 6) is 0.959. The third-order valence-electron chi connectivity index (χ3n) is 3.96. The zero-order valence-electron chi connectivity index (χ0n) is 14.8. The van der Waals surface area contributed by atoms with Gasteiger partial charge in [-0.2, -0.15) is 13.8 Å². The van der Waals surface area contributed by atoms with Crippen LogP contribution in [0.15, 0.2) is 22.7 Å². The summed E-state index contributed by atoms with van der Waals surface area (Å²) in [4.78, 5) is 6.58. The van der Waals surface area contributed by atoms with E-state index in [1.807, 2.05) is 13.8 Å². The second kappa shape index (κ2) is 7.96. The van der Waals surface area contributed by atoms with Gasteiger partial charge in [-0.3, -0.25) is 4.90 Å². The van der Waals surface area contributed by atoms with Gasteiger partial charge in [0.15, 0.2) is 11.5 Å². The number of halogens is 2. The number of hydrogen-bond donors (Lipinski definition) is 0. The predicted octanol–water partition coefficient (Wildman–Crippen LogP) is 2.96. The first kappa shape index (κ1) is 18.5. The Kier molecular flexibility index (Phi) is 5.67. The van der Waals surface area contributed by atoms with Gasteiger partial charge in [-0.15, -0.1) is 0 Å². The van der Waals surface area contributed by atoms with Crippen LogP contribution in [0, 0.1) is 0 Å². The molecule has 0 saturated carbocycles. The number of nitrogens with zero attached hydrogens (tertiary/aromatic N) is 3. The van der Waals surface area contributed by atoms with Crippen molar-refractivity contribution in [3.63, 3.8) is 0 Å². The first-order valence-corrected chi connectivity index (χ1v) is 8.28. The highest BCUT2D eigenvalue weighted by atomic mass is 19.3. The first-order chi connectivity index (χ1) is 12.4. The van der Waals surface area contributed by atoms with Crippen molar-refractivity contribution in [2.24, 2.45) is 0 Å². The summed E-state index contributed by atoms with van der Waals surface area (Å²) < 4.78 is 45.4. The molecule has 1 aromatic heterocycles. The Balaban J connectivity index is 1.73. The van der Waals surface area contributed by atoms with E-state index in [4.69, 9.17) is 14.0 Å². The van der Waals surface area contributed by atoms with Gasteiger partial charge in [0.1, 0.15) is 0 Å². The highest BCUT2D eigenvalue weighted by molar-refractivity contribution is 5.60. The van der Waals surface area contributed by atoms with Crippen LogP contribution in [-0.4, -0.2) is 54.1 Å². The van der Waals surface area contributed by atoms with Gasteiger partial charge < -0.3 is 18.7 Å². The molecule has 0 N–H and O–H groups in total. The van der Waals surface area contributed by atoms with E-state index in [1.165, 1.54) is 19.2 Å². The molecule has 2 atom stereocenters. The van der Waals surface area contributed by atoms with Crippen molar-refractivity contribution in [1.82, 2.24) is 15.0 Å². The molecule has 1 aliphatic rings.